The van der Waals surface area contributed by atoms with Crippen molar-refractivity contribution in [2.75, 3.05) is 27.4 Å². The van der Waals surface area contributed by atoms with Gasteiger partial charge in [0, 0.05) is 14.2 Å². The van der Waals surface area contributed by atoms with Crippen LogP contribution in [-0.4, -0.2) is 39.5 Å². The Morgan fingerprint density at radius 2 is 1.64 bits per heavy atom. The lowest BCUT2D eigenvalue weighted by Gasteiger charge is -2.30. The Balaban J connectivity index is 2.52. The van der Waals surface area contributed by atoms with E-state index < -0.39 is 12.1 Å². The molecule has 0 aliphatic carbocycles. The molecule has 0 radical (unpaired) electrons. The van der Waals surface area contributed by atoms with Gasteiger partial charge in [-0.25, -0.2) is 0 Å². The topological polar surface area (TPSA) is 36.9 Å². The molecule has 11 heavy (non-hydrogen) atoms. The summed E-state index contributed by atoms with van der Waals surface area (Å²) in [4.78, 5) is 0. The van der Waals surface area contributed by atoms with Crippen LogP contribution < -0.4 is 0 Å². The first-order valence-electron chi connectivity index (χ1n) is 3.56. The molecule has 0 aromatic carbocycles. The van der Waals surface area contributed by atoms with Crippen LogP contribution in [0.2, 0.25) is 0 Å². The Morgan fingerprint density at radius 1 is 1.18 bits per heavy atom. The highest BCUT2D eigenvalue weighted by Gasteiger charge is 2.38. The van der Waals surface area contributed by atoms with Gasteiger partial charge in [0.05, 0.1) is 13.2 Å². The van der Waals surface area contributed by atoms with E-state index in [-0.39, 0.29) is 0 Å². The summed E-state index contributed by atoms with van der Waals surface area (Å²) >= 11 is 0. The van der Waals surface area contributed by atoms with Gasteiger partial charge in [-0.2, -0.15) is 0 Å². The van der Waals surface area contributed by atoms with Gasteiger partial charge in [-0.05, 0) is 6.92 Å². The summed E-state index contributed by atoms with van der Waals surface area (Å²) in [5, 5.41) is 0. The number of methoxy groups -OCH3 is 2. The summed E-state index contributed by atoms with van der Waals surface area (Å²) < 4.78 is 20.7. The molecule has 0 aromatic rings. The first-order valence-corrected chi connectivity index (χ1v) is 3.56. The Hall–Kier alpha value is -0.160. The molecule has 0 N–H and O–H groups in total. The lowest BCUT2D eigenvalue weighted by Crippen LogP contribution is -2.43. The van der Waals surface area contributed by atoms with Crippen molar-refractivity contribution in [2.24, 2.45) is 0 Å². The summed E-state index contributed by atoms with van der Waals surface area (Å²) in [7, 11) is 3.13. The number of rotatable bonds is 3. The van der Waals surface area contributed by atoms with Gasteiger partial charge in [0.25, 0.3) is 0 Å². The molecule has 0 amide bonds. The third-order valence-corrected chi connectivity index (χ3v) is 1.86. The summed E-state index contributed by atoms with van der Waals surface area (Å²) in [6.07, 6.45) is -0.405. The summed E-state index contributed by atoms with van der Waals surface area (Å²) in [5.41, 5.74) is 0. The van der Waals surface area contributed by atoms with Crippen molar-refractivity contribution in [1.82, 2.24) is 0 Å². The van der Waals surface area contributed by atoms with Crippen LogP contribution in [0.25, 0.3) is 0 Å². The number of hydrogen-bond acceptors (Lipinski definition) is 4. The molecule has 1 fully saturated rings. The van der Waals surface area contributed by atoms with Crippen molar-refractivity contribution < 1.29 is 18.9 Å². The average Bonchev–Trinajstić information content (AvgIpc) is 2.55. The van der Waals surface area contributed by atoms with E-state index in [0.29, 0.717) is 13.2 Å². The maximum atomic E-state index is 5.23. The fraction of sp³-hybridized carbons (Fsp3) is 1.00. The number of hydrogen-bond donors (Lipinski definition) is 0. The molecule has 0 bridgehead atoms. The van der Waals surface area contributed by atoms with Crippen molar-refractivity contribution in [3.8, 4) is 0 Å². The second-order valence-corrected chi connectivity index (χ2v) is 2.50. The van der Waals surface area contributed by atoms with Crippen molar-refractivity contribution in [3.63, 3.8) is 0 Å². The Bertz CT molecular complexity index is 116. The predicted molar refractivity (Wildman–Crippen MR) is 38.1 cm³/mol. The van der Waals surface area contributed by atoms with Gasteiger partial charge in [0.15, 0.2) is 0 Å². The first kappa shape index (κ1) is 8.93. The van der Waals surface area contributed by atoms with E-state index in [4.69, 9.17) is 18.9 Å². The van der Waals surface area contributed by atoms with E-state index >= 15 is 0 Å². The fourth-order valence-corrected chi connectivity index (χ4v) is 0.937. The van der Waals surface area contributed by atoms with Gasteiger partial charge in [0.2, 0.25) is 12.1 Å². The van der Waals surface area contributed by atoms with E-state index in [1.54, 1.807) is 21.1 Å². The van der Waals surface area contributed by atoms with Crippen LogP contribution in [0.3, 0.4) is 0 Å². The largest absolute Gasteiger partial charge is 0.349 e. The van der Waals surface area contributed by atoms with Gasteiger partial charge in [0.1, 0.15) is 0 Å². The zero-order valence-electron chi connectivity index (χ0n) is 7.12. The molecule has 1 saturated heterocycles. The Kier molecular flexibility index (Phi) is 2.84. The van der Waals surface area contributed by atoms with E-state index in [2.05, 4.69) is 0 Å². The molecule has 1 aliphatic rings. The monoisotopic (exact) mass is 162 g/mol. The average molecular weight is 162 g/mol. The lowest BCUT2D eigenvalue weighted by molar-refractivity contribution is -0.299. The summed E-state index contributed by atoms with van der Waals surface area (Å²) in [6, 6.07) is 0. The SMILES string of the molecule is COC(C)(OC)C1OCCO1. The zero-order valence-corrected chi connectivity index (χ0v) is 7.12. The van der Waals surface area contributed by atoms with Crippen LogP contribution in [0.4, 0.5) is 0 Å². The highest BCUT2D eigenvalue weighted by Crippen LogP contribution is 2.22. The normalized spacial score (nSPS) is 21.0. The number of ether oxygens (including phenoxy) is 4. The Morgan fingerprint density at radius 3 is 2.00 bits per heavy atom. The minimum atomic E-state index is -0.781. The van der Waals surface area contributed by atoms with Crippen molar-refractivity contribution in [1.29, 1.82) is 0 Å². The molecule has 4 nitrogen and oxygen atoms in total. The van der Waals surface area contributed by atoms with Crippen molar-refractivity contribution in [3.05, 3.63) is 0 Å². The maximum Gasteiger partial charge on any atom is 0.217 e. The quantitative estimate of drug-likeness (QED) is 0.562. The molecule has 0 saturated carbocycles. The van der Waals surface area contributed by atoms with E-state index in [1.165, 1.54) is 0 Å². The molecule has 0 spiro atoms. The lowest BCUT2D eigenvalue weighted by atomic mass is 10.3. The van der Waals surface area contributed by atoms with Crippen LogP contribution >= 0.6 is 0 Å². The highest BCUT2D eigenvalue weighted by atomic mass is 16.8. The van der Waals surface area contributed by atoms with Gasteiger partial charge in [-0.1, -0.05) is 0 Å². The van der Waals surface area contributed by atoms with Crippen molar-refractivity contribution >= 4 is 0 Å². The third kappa shape index (κ3) is 1.70. The minimum absolute atomic E-state index is 0.405. The molecule has 66 valence electrons. The molecule has 0 aromatic heterocycles. The van der Waals surface area contributed by atoms with Crippen molar-refractivity contribution in [2.45, 2.75) is 19.0 Å². The maximum absolute atomic E-state index is 5.23. The minimum Gasteiger partial charge on any atom is -0.349 e. The standard InChI is InChI=1S/C7H14O4/c1-7(8-2,9-3)6-10-4-5-11-6/h6H,4-5H2,1-3H3. The van der Waals surface area contributed by atoms with E-state index in [9.17, 15) is 0 Å². The van der Waals surface area contributed by atoms with Gasteiger partial charge < -0.3 is 18.9 Å². The molecular weight excluding hydrogens is 148 g/mol. The summed E-state index contributed by atoms with van der Waals surface area (Å²) in [5.74, 6) is -0.781. The highest BCUT2D eigenvalue weighted by molar-refractivity contribution is 4.69. The van der Waals surface area contributed by atoms with E-state index in [0.717, 1.165) is 0 Å². The van der Waals surface area contributed by atoms with Crippen LogP contribution in [0.1, 0.15) is 6.92 Å². The Labute approximate surface area is 66.4 Å². The molecule has 1 aliphatic heterocycles. The molecule has 0 atom stereocenters. The van der Waals surface area contributed by atoms with Gasteiger partial charge in [-0.15, -0.1) is 0 Å². The second-order valence-electron chi connectivity index (χ2n) is 2.50. The smallest absolute Gasteiger partial charge is 0.217 e. The molecule has 0 unspecified atom stereocenters. The van der Waals surface area contributed by atoms with Gasteiger partial charge >= 0.3 is 0 Å². The molecule has 4 heteroatoms. The molecular formula is C7H14O4. The molecule has 1 heterocycles. The predicted octanol–water partition coefficient (Wildman–Crippen LogP) is 0.368. The van der Waals surface area contributed by atoms with Crippen LogP contribution in [0.5, 0.6) is 0 Å². The fourth-order valence-electron chi connectivity index (χ4n) is 0.937. The van der Waals surface area contributed by atoms with Crippen LogP contribution in [-0.2, 0) is 18.9 Å². The van der Waals surface area contributed by atoms with Crippen LogP contribution in [0.15, 0.2) is 0 Å². The summed E-state index contributed by atoms with van der Waals surface area (Å²) in [6.45, 7) is 2.99. The first-order chi connectivity index (χ1) is 5.23. The van der Waals surface area contributed by atoms with E-state index in [1.807, 2.05) is 0 Å². The molecule has 1 rings (SSSR count). The zero-order chi connectivity index (χ0) is 8.32. The second kappa shape index (κ2) is 3.49. The third-order valence-electron chi connectivity index (χ3n) is 1.86. The van der Waals surface area contributed by atoms with Crippen LogP contribution in [0, 0.1) is 0 Å². The van der Waals surface area contributed by atoms with Gasteiger partial charge in [-0.3, -0.25) is 0 Å².